The molecule has 2 aromatic rings. The molecule has 0 aliphatic rings. The van der Waals surface area contributed by atoms with E-state index in [0.29, 0.717) is 5.56 Å². The van der Waals surface area contributed by atoms with Gasteiger partial charge in [0.2, 0.25) is 0 Å². The maximum atomic E-state index is 10.6. The first kappa shape index (κ1) is 12.7. The van der Waals surface area contributed by atoms with Gasteiger partial charge in [-0.1, -0.05) is 11.6 Å². The van der Waals surface area contributed by atoms with Gasteiger partial charge in [-0.2, -0.15) is 0 Å². The Labute approximate surface area is 112 Å². The van der Waals surface area contributed by atoms with Gasteiger partial charge >= 0.3 is 0 Å². The number of nitrogens with zero attached hydrogens (tertiary/aromatic N) is 1. The van der Waals surface area contributed by atoms with Crippen molar-refractivity contribution in [3.63, 3.8) is 0 Å². The molecular weight excluding hydrogens is 246 g/mol. The maximum Gasteiger partial charge on any atom is 0.150 e. The average Bonchev–Trinajstić information content (AvgIpc) is 2.42. The van der Waals surface area contributed by atoms with Gasteiger partial charge in [-0.25, -0.2) is 0 Å². The summed E-state index contributed by atoms with van der Waals surface area (Å²) in [7, 11) is 0. The molecule has 0 spiro atoms. The molecule has 0 aliphatic heterocycles. The molecule has 2 aromatic carbocycles. The van der Waals surface area contributed by atoms with Crippen LogP contribution >= 0.6 is 11.6 Å². The lowest BCUT2D eigenvalue weighted by atomic mass is 10.2. The van der Waals surface area contributed by atoms with Gasteiger partial charge in [0.1, 0.15) is 6.29 Å². The molecule has 0 amide bonds. The fourth-order valence-electron chi connectivity index (χ4n) is 1.87. The Hall–Kier alpha value is -1.80. The number of carbonyl (C=O) groups excluding carboxylic acids is 1. The zero-order chi connectivity index (χ0) is 13.0. The Balaban J connectivity index is 2.32. The van der Waals surface area contributed by atoms with E-state index in [9.17, 15) is 4.79 Å². The Bertz CT molecular complexity index is 519. The second-order valence-corrected chi connectivity index (χ2v) is 4.37. The van der Waals surface area contributed by atoms with Crippen LogP contribution in [0.4, 0.5) is 11.4 Å². The highest BCUT2D eigenvalue weighted by Crippen LogP contribution is 2.26. The Kier molecular flexibility index (Phi) is 4.00. The summed E-state index contributed by atoms with van der Waals surface area (Å²) in [5.74, 6) is 0. The van der Waals surface area contributed by atoms with E-state index in [4.69, 9.17) is 11.6 Å². The molecule has 0 bridgehead atoms. The SMILES string of the molecule is CCN(c1ccc(Cl)cc1)c1ccc(C=O)cc1. The minimum atomic E-state index is 0.686. The van der Waals surface area contributed by atoms with Crippen molar-refractivity contribution in [1.29, 1.82) is 0 Å². The van der Waals surface area contributed by atoms with Gasteiger partial charge in [0.05, 0.1) is 0 Å². The van der Waals surface area contributed by atoms with Gasteiger partial charge in [-0.15, -0.1) is 0 Å². The van der Waals surface area contributed by atoms with Crippen LogP contribution in [0.2, 0.25) is 5.02 Å². The van der Waals surface area contributed by atoms with Crippen LogP contribution in [-0.2, 0) is 0 Å². The molecule has 92 valence electrons. The van der Waals surface area contributed by atoms with E-state index in [2.05, 4.69) is 11.8 Å². The van der Waals surface area contributed by atoms with Crippen LogP contribution in [0, 0.1) is 0 Å². The minimum absolute atomic E-state index is 0.686. The molecule has 0 heterocycles. The van der Waals surface area contributed by atoms with Crippen LogP contribution in [0.5, 0.6) is 0 Å². The molecule has 18 heavy (non-hydrogen) atoms. The molecule has 2 nitrogen and oxygen atoms in total. The number of carbonyl (C=O) groups is 1. The highest BCUT2D eigenvalue weighted by atomic mass is 35.5. The van der Waals surface area contributed by atoms with E-state index in [0.717, 1.165) is 29.2 Å². The van der Waals surface area contributed by atoms with E-state index in [-0.39, 0.29) is 0 Å². The van der Waals surface area contributed by atoms with E-state index in [1.165, 1.54) is 0 Å². The van der Waals surface area contributed by atoms with Crippen molar-refractivity contribution in [3.8, 4) is 0 Å². The Morgan fingerprint density at radius 2 is 1.50 bits per heavy atom. The third kappa shape index (κ3) is 2.71. The number of hydrogen-bond acceptors (Lipinski definition) is 2. The normalized spacial score (nSPS) is 10.1. The van der Waals surface area contributed by atoms with E-state index >= 15 is 0 Å². The average molecular weight is 260 g/mol. The van der Waals surface area contributed by atoms with Crippen LogP contribution in [0.1, 0.15) is 17.3 Å². The van der Waals surface area contributed by atoms with Crippen LogP contribution < -0.4 is 4.90 Å². The van der Waals surface area contributed by atoms with Gasteiger partial charge in [-0.3, -0.25) is 4.79 Å². The van der Waals surface area contributed by atoms with Crippen molar-refractivity contribution in [2.24, 2.45) is 0 Å². The first-order chi connectivity index (χ1) is 8.74. The van der Waals surface area contributed by atoms with Gasteiger partial charge in [-0.05, 0) is 55.5 Å². The van der Waals surface area contributed by atoms with Gasteiger partial charge in [0.15, 0.2) is 0 Å². The first-order valence-corrected chi connectivity index (χ1v) is 6.20. The zero-order valence-electron chi connectivity index (χ0n) is 10.1. The quantitative estimate of drug-likeness (QED) is 0.763. The fraction of sp³-hybridized carbons (Fsp3) is 0.133. The van der Waals surface area contributed by atoms with Crippen LogP contribution in [0.3, 0.4) is 0 Å². The standard InChI is InChI=1S/C15H14ClNO/c1-2-17(15-9-5-13(16)6-10-15)14-7-3-12(11-18)4-8-14/h3-11H,2H2,1H3. The molecule has 2 rings (SSSR count). The molecular formula is C15H14ClNO. The van der Waals surface area contributed by atoms with Crippen LogP contribution in [-0.4, -0.2) is 12.8 Å². The molecule has 0 saturated carbocycles. The monoisotopic (exact) mass is 259 g/mol. The number of aldehydes is 1. The summed E-state index contributed by atoms with van der Waals surface area (Å²) in [6, 6.07) is 15.3. The Morgan fingerprint density at radius 1 is 1.00 bits per heavy atom. The molecule has 0 N–H and O–H groups in total. The maximum absolute atomic E-state index is 10.6. The highest BCUT2D eigenvalue weighted by molar-refractivity contribution is 6.30. The number of anilines is 2. The lowest BCUT2D eigenvalue weighted by molar-refractivity contribution is 0.112. The summed E-state index contributed by atoms with van der Waals surface area (Å²) < 4.78 is 0. The molecule has 0 saturated heterocycles. The molecule has 0 fully saturated rings. The molecule has 0 aromatic heterocycles. The third-order valence-corrected chi connectivity index (χ3v) is 3.05. The van der Waals surface area contributed by atoms with E-state index in [1.54, 1.807) is 0 Å². The summed E-state index contributed by atoms with van der Waals surface area (Å²) >= 11 is 5.89. The largest absolute Gasteiger partial charge is 0.342 e. The summed E-state index contributed by atoms with van der Waals surface area (Å²) in [5, 5.41) is 0.728. The topological polar surface area (TPSA) is 20.3 Å². The molecule has 0 radical (unpaired) electrons. The summed E-state index contributed by atoms with van der Waals surface area (Å²) in [5.41, 5.74) is 2.83. The Morgan fingerprint density at radius 3 is 1.94 bits per heavy atom. The summed E-state index contributed by atoms with van der Waals surface area (Å²) in [6.07, 6.45) is 0.850. The van der Waals surface area contributed by atoms with Crippen LogP contribution in [0.15, 0.2) is 48.5 Å². The number of hydrogen-bond donors (Lipinski definition) is 0. The predicted molar refractivity (Wildman–Crippen MR) is 76.0 cm³/mol. The smallest absolute Gasteiger partial charge is 0.150 e. The summed E-state index contributed by atoms with van der Waals surface area (Å²) in [4.78, 5) is 12.8. The van der Waals surface area contributed by atoms with Crippen molar-refractivity contribution >= 4 is 29.3 Å². The third-order valence-electron chi connectivity index (χ3n) is 2.80. The van der Waals surface area contributed by atoms with E-state index < -0.39 is 0 Å². The second-order valence-electron chi connectivity index (χ2n) is 3.93. The minimum Gasteiger partial charge on any atom is -0.342 e. The first-order valence-electron chi connectivity index (χ1n) is 5.83. The number of halogens is 1. The molecule has 0 unspecified atom stereocenters. The highest BCUT2D eigenvalue weighted by Gasteiger charge is 2.06. The zero-order valence-corrected chi connectivity index (χ0v) is 10.9. The van der Waals surface area contributed by atoms with Gasteiger partial charge < -0.3 is 4.90 Å². The lowest BCUT2D eigenvalue weighted by Gasteiger charge is -2.23. The molecule has 0 aliphatic carbocycles. The lowest BCUT2D eigenvalue weighted by Crippen LogP contribution is -2.15. The van der Waals surface area contributed by atoms with Crippen molar-refractivity contribution in [2.45, 2.75) is 6.92 Å². The van der Waals surface area contributed by atoms with Crippen LogP contribution in [0.25, 0.3) is 0 Å². The van der Waals surface area contributed by atoms with Gasteiger partial charge in [0, 0.05) is 28.5 Å². The second kappa shape index (κ2) is 5.69. The molecule has 3 heteroatoms. The van der Waals surface area contributed by atoms with Crippen molar-refractivity contribution < 1.29 is 4.79 Å². The fourth-order valence-corrected chi connectivity index (χ4v) is 1.99. The van der Waals surface area contributed by atoms with Crippen molar-refractivity contribution in [3.05, 3.63) is 59.1 Å². The number of rotatable bonds is 4. The van der Waals surface area contributed by atoms with E-state index in [1.807, 2.05) is 48.5 Å². The summed E-state index contributed by atoms with van der Waals surface area (Å²) in [6.45, 7) is 2.93. The van der Waals surface area contributed by atoms with Gasteiger partial charge in [0.25, 0.3) is 0 Å². The number of benzene rings is 2. The van der Waals surface area contributed by atoms with Crippen molar-refractivity contribution in [1.82, 2.24) is 0 Å². The predicted octanol–water partition coefficient (Wildman–Crippen LogP) is 4.31. The molecule has 0 atom stereocenters. The van der Waals surface area contributed by atoms with Crippen molar-refractivity contribution in [2.75, 3.05) is 11.4 Å².